The van der Waals surface area contributed by atoms with Crippen LogP contribution in [0.25, 0.3) is 65.6 Å². The van der Waals surface area contributed by atoms with Gasteiger partial charge in [-0.25, -0.2) is 0 Å². The molecule has 0 fully saturated rings. The van der Waals surface area contributed by atoms with Crippen LogP contribution in [0, 0.1) is 0 Å². The second-order valence-corrected chi connectivity index (χ2v) is 16.2. The van der Waals surface area contributed by atoms with Crippen LogP contribution in [0.5, 0.6) is 11.5 Å². The molecule has 2 aliphatic heterocycles. The fraction of sp³-hybridized carbons (Fsp3) is 0.182. The Morgan fingerprint density at radius 3 is 1.94 bits per heavy atom. The first-order valence-electron chi connectivity index (χ1n) is 17.2. The summed E-state index contributed by atoms with van der Waals surface area (Å²) in [4.78, 5) is 0. The van der Waals surface area contributed by atoms with Gasteiger partial charge in [-0.2, -0.15) is 0 Å². The van der Waals surface area contributed by atoms with E-state index in [1.165, 1.54) is 93.1 Å². The summed E-state index contributed by atoms with van der Waals surface area (Å²) in [5.41, 5.74) is 14.4. The third-order valence-corrected chi connectivity index (χ3v) is 11.4. The SMILES string of the molecule is CC(C)(C)c1ccc2c(c1)c1cc3c4cccc5c4n(c3c3c4cc(C(C)(C)C)ccc4n2c13)-c1cccc2c1B5c1ccccc1O2. The monoisotopic (exact) mass is 618 g/mol. The largest absolute Gasteiger partial charge is 0.458 e. The fourth-order valence-electron chi connectivity index (χ4n) is 9.10. The molecule has 0 amide bonds. The molecule has 0 spiro atoms. The molecule has 0 saturated carbocycles. The molecule has 0 bridgehead atoms. The molecule has 9 aromatic rings. The molecule has 6 aromatic carbocycles. The van der Waals surface area contributed by atoms with E-state index >= 15 is 0 Å². The van der Waals surface area contributed by atoms with E-state index in [0.717, 1.165) is 11.5 Å². The fourth-order valence-corrected chi connectivity index (χ4v) is 9.10. The van der Waals surface area contributed by atoms with E-state index in [1.807, 2.05) is 0 Å². The van der Waals surface area contributed by atoms with Gasteiger partial charge in [0.25, 0.3) is 6.71 Å². The highest BCUT2D eigenvalue weighted by atomic mass is 16.5. The van der Waals surface area contributed by atoms with Gasteiger partial charge in [0.05, 0.1) is 22.1 Å². The molecule has 11 rings (SSSR count). The number of fused-ring (bicyclic) bond motifs is 14. The molecule has 48 heavy (non-hydrogen) atoms. The maximum absolute atomic E-state index is 6.63. The molecule has 3 nitrogen and oxygen atoms in total. The lowest BCUT2D eigenvalue weighted by Crippen LogP contribution is -2.58. The normalized spacial score (nSPS) is 14.2. The van der Waals surface area contributed by atoms with E-state index in [0.29, 0.717) is 0 Å². The van der Waals surface area contributed by atoms with Gasteiger partial charge in [-0.05, 0) is 86.9 Å². The summed E-state index contributed by atoms with van der Waals surface area (Å²) in [6.07, 6.45) is 0. The number of rotatable bonds is 0. The second-order valence-electron chi connectivity index (χ2n) is 16.2. The topological polar surface area (TPSA) is 18.6 Å². The summed E-state index contributed by atoms with van der Waals surface area (Å²) < 4.78 is 11.8. The van der Waals surface area contributed by atoms with Gasteiger partial charge in [-0.1, -0.05) is 96.1 Å². The molecule has 0 aliphatic carbocycles. The summed E-state index contributed by atoms with van der Waals surface area (Å²) >= 11 is 0. The number of nitrogens with zero attached hydrogens (tertiary/aromatic N) is 2. The van der Waals surface area contributed by atoms with Crippen LogP contribution in [0.3, 0.4) is 0 Å². The molecule has 0 unspecified atom stereocenters. The Morgan fingerprint density at radius 1 is 0.521 bits per heavy atom. The Kier molecular flexibility index (Phi) is 4.71. The molecule has 0 atom stereocenters. The van der Waals surface area contributed by atoms with Gasteiger partial charge in [-0.15, -0.1) is 0 Å². The molecule has 230 valence electrons. The lowest BCUT2D eigenvalue weighted by Gasteiger charge is -2.33. The van der Waals surface area contributed by atoms with E-state index in [1.54, 1.807) is 0 Å². The first-order valence-corrected chi connectivity index (χ1v) is 17.2. The first kappa shape index (κ1) is 26.8. The standard InChI is InChI=1S/C44H35BN2O/c1-43(2,3)24-17-19-33-27(21-24)29-23-28-26-11-9-13-32-40(26)47(35-14-10-16-37-39(35)45(32)31-12-7-8-15-36(31)48-37)42(28)38-30-22-25(44(4,5)6)18-20-34(30)46(33)41(29)38/h7-23H,1-6H3. The summed E-state index contributed by atoms with van der Waals surface area (Å²) in [6, 6.07) is 39.0. The average molecular weight is 619 g/mol. The van der Waals surface area contributed by atoms with Crippen LogP contribution >= 0.6 is 0 Å². The number of hydrogen-bond acceptors (Lipinski definition) is 1. The van der Waals surface area contributed by atoms with Crippen molar-refractivity contribution in [1.29, 1.82) is 0 Å². The summed E-state index contributed by atoms with van der Waals surface area (Å²) in [6.45, 7) is 14.0. The molecular weight excluding hydrogens is 583 g/mol. The second kappa shape index (κ2) is 8.43. The van der Waals surface area contributed by atoms with E-state index < -0.39 is 0 Å². The summed E-state index contributed by atoms with van der Waals surface area (Å²) in [5, 5.41) is 7.96. The number of aromatic nitrogens is 2. The Balaban J connectivity index is 1.41. The first-order chi connectivity index (χ1) is 23.1. The van der Waals surface area contributed by atoms with Crippen molar-refractivity contribution < 1.29 is 4.74 Å². The van der Waals surface area contributed by atoms with Crippen molar-refractivity contribution in [2.24, 2.45) is 0 Å². The maximum Gasteiger partial charge on any atom is 0.256 e. The average Bonchev–Trinajstić information content (AvgIpc) is 3.70. The predicted octanol–water partition coefficient (Wildman–Crippen LogP) is 9.46. The predicted molar refractivity (Wildman–Crippen MR) is 204 cm³/mol. The van der Waals surface area contributed by atoms with Crippen LogP contribution in [0.4, 0.5) is 0 Å². The number of benzene rings is 6. The van der Waals surface area contributed by atoms with Crippen LogP contribution in [0.1, 0.15) is 52.7 Å². The highest BCUT2D eigenvalue weighted by Crippen LogP contribution is 2.48. The van der Waals surface area contributed by atoms with Gasteiger partial charge in [0.1, 0.15) is 11.5 Å². The van der Waals surface area contributed by atoms with Crippen molar-refractivity contribution >= 4 is 83.0 Å². The van der Waals surface area contributed by atoms with E-state index in [9.17, 15) is 0 Å². The Hall–Kier alpha value is -5.22. The lowest BCUT2D eigenvalue weighted by molar-refractivity contribution is 0.487. The summed E-state index contributed by atoms with van der Waals surface area (Å²) in [5.74, 6) is 1.91. The molecular formula is C44H35BN2O. The molecule has 0 radical (unpaired) electrons. The van der Waals surface area contributed by atoms with Gasteiger partial charge in [0.2, 0.25) is 0 Å². The highest BCUT2D eigenvalue weighted by molar-refractivity contribution is 6.99. The molecule has 2 aliphatic rings. The molecule has 0 N–H and O–H groups in total. The minimum absolute atomic E-state index is 0.0325. The molecule has 5 heterocycles. The van der Waals surface area contributed by atoms with Gasteiger partial charge in [-0.3, -0.25) is 0 Å². The zero-order chi connectivity index (χ0) is 32.4. The Labute approximate surface area is 279 Å². The number of hydrogen-bond donors (Lipinski definition) is 0. The van der Waals surface area contributed by atoms with Crippen LogP contribution in [0.15, 0.2) is 103 Å². The van der Waals surface area contributed by atoms with Crippen LogP contribution in [-0.2, 0) is 10.8 Å². The Morgan fingerprint density at radius 2 is 1.17 bits per heavy atom. The zero-order valence-corrected chi connectivity index (χ0v) is 28.2. The minimum Gasteiger partial charge on any atom is -0.458 e. The van der Waals surface area contributed by atoms with Gasteiger partial charge < -0.3 is 13.7 Å². The van der Waals surface area contributed by atoms with Crippen molar-refractivity contribution in [1.82, 2.24) is 8.97 Å². The van der Waals surface area contributed by atoms with Gasteiger partial charge >= 0.3 is 0 Å². The van der Waals surface area contributed by atoms with Gasteiger partial charge in [0.15, 0.2) is 0 Å². The Bertz CT molecular complexity index is 2890. The summed E-state index contributed by atoms with van der Waals surface area (Å²) in [7, 11) is 0. The van der Waals surface area contributed by atoms with Crippen LogP contribution < -0.4 is 21.1 Å². The highest BCUT2D eigenvalue weighted by Gasteiger charge is 2.40. The third kappa shape index (κ3) is 3.12. The third-order valence-electron chi connectivity index (χ3n) is 11.4. The van der Waals surface area contributed by atoms with E-state index in [2.05, 4.69) is 154 Å². The molecule has 3 aromatic heterocycles. The van der Waals surface area contributed by atoms with Crippen LogP contribution in [0.2, 0.25) is 0 Å². The molecule has 4 heteroatoms. The maximum atomic E-state index is 6.63. The van der Waals surface area contributed by atoms with E-state index in [4.69, 9.17) is 4.74 Å². The van der Waals surface area contributed by atoms with Crippen LogP contribution in [-0.4, -0.2) is 15.7 Å². The van der Waals surface area contributed by atoms with Crippen molar-refractivity contribution in [3.8, 4) is 17.2 Å². The van der Waals surface area contributed by atoms with Crippen molar-refractivity contribution in [3.05, 3.63) is 114 Å². The quantitative estimate of drug-likeness (QED) is 0.155. The molecule has 0 saturated heterocycles. The number of ether oxygens (including phenoxy) is 1. The van der Waals surface area contributed by atoms with E-state index in [-0.39, 0.29) is 17.5 Å². The van der Waals surface area contributed by atoms with Crippen molar-refractivity contribution in [2.75, 3.05) is 0 Å². The van der Waals surface area contributed by atoms with Crippen molar-refractivity contribution in [2.45, 2.75) is 52.4 Å². The van der Waals surface area contributed by atoms with Gasteiger partial charge in [0, 0.05) is 43.5 Å². The van der Waals surface area contributed by atoms with Crippen molar-refractivity contribution in [3.63, 3.8) is 0 Å². The smallest absolute Gasteiger partial charge is 0.256 e. The lowest BCUT2D eigenvalue weighted by atomic mass is 9.34. The number of para-hydroxylation sites is 2. The zero-order valence-electron chi connectivity index (χ0n) is 28.2. The minimum atomic E-state index is 0.0325.